The highest BCUT2D eigenvalue weighted by Gasteiger charge is 2.34. The number of allylic oxidation sites excluding steroid dienone is 1. The first-order valence-corrected chi connectivity index (χ1v) is 7.43. The molecule has 0 fully saturated rings. The third-order valence-electron chi connectivity index (χ3n) is 4.21. The summed E-state index contributed by atoms with van der Waals surface area (Å²) in [5, 5.41) is 21.8. The molecule has 0 amide bonds. The second kappa shape index (κ2) is 5.28. The molecule has 0 saturated heterocycles. The van der Waals surface area contributed by atoms with Crippen LogP contribution in [-0.2, 0) is 0 Å². The van der Waals surface area contributed by atoms with E-state index >= 15 is 0 Å². The van der Waals surface area contributed by atoms with Crippen LogP contribution in [-0.4, -0.2) is 10.1 Å². The van der Waals surface area contributed by atoms with Crippen LogP contribution < -0.4 is 10.5 Å². The number of ether oxygens (including phenoxy) is 1. The van der Waals surface area contributed by atoms with Crippen molar-refractivity contribution in [2.24, 2.45) is 5.73 Å². The van der Waals surface area contributed by atoms with E-state index in [2.05, 4.69) is 11.1 Å². The summed E-state index contributed by atoms with van der Waals surface area (Å²) in [5.74, 6) is -0.148. The summed E-state index contributed by atoms with van der Waals surface area (Å²) in [5.41, 5.74) is 7.80. The number of phenolic OH excluding ortho intramolecular Hbond substituents is 1. The quantitative estimate of drug-likeness (QED) is 0.719. The van der Waals surface area contributed by atoms with Crippen LogP contribution in [0.15, 0.2) is 66.3 Å². The van der Waals surface area contributed by atoms with Gasteiger partial charge in [-0.15, -0.1) is 0 Å². The maximum Gasteiger partial charge on any atom is 0.205 e. The first kappa shape index (κ1) is 14.1. The van der Waals surface area contributed by atoms with Crippen molar-refractivity contribution in [1.82, 2.24) is 4.98 Å². The Morgan fingerprint density at radius 1 is 1.21 bits per heavy atom. The summed E-state index contributed by atoms with van der Waals surface area (Å²) >= 11 is 0. The normalized spacial score (nSPS) is 16.4. The van der Waals surface area contributed by atoms with Crippen LogP contribution in [0.4, 0.5) is 0 Å². The number of nitriles is 1. The lowest BCUT2D eigenvalue weighted by molar-refractivity contribution is 0.360. The van der Waals surface area contributed by atoms with Crippen LogP contribution in [0.3, 0.4) is 0 Å². The molecule has 116 valence electrons. The number of phenols is 1. The molecule has 0 aliphatic carbocycles. The predicted octanol–water partition coefficient (Wildman–Crippen LogP) is 3.16. The van der Waals surface area contributed by atoms with Crippen molar-refractivity contribution >= 4 is 10.8 Å². The van der Waals surface area contributed by atoms with E-state index in [0.29, 0.717) is 11.3 Å². The van der Waals surface area contributed by atoms with Gasteiger partial charge in [-0.05, 0) is 28.5 Å². The van der Waals surface area contributed by atoms with Gasteiger partial charge in [0.1, 0.15) is 11.6 Å². The smallest absolute Gasteiger partial charge is 0.205 e. The number of rotatable bonds is 1. The van der Waals surface area contributed by atoms with Gasteiger partial charge in [0.15, 0.2) is 11.5 Å². The molecule has 1 aromatic heterocycles. The van der Waals surface area contributed by atoms with Gasteiger partial charge in [0.05, 0.1) is 5.92 Å². The first-order chi connectivity index (χ1) is 11.7. The van der Waals surface area contributed by atoms with Gasteiger partial charge in [-0.3, -0.25) is 4.98 Å². The molecule has 1 atom stereocenters. The molecule has 4 rings (SSSR count). The Bertz CT molecular complexity index is 1020. The fourth-order valence-corrected chi connectivity index (χ4v) is 3.19. The van der Waals surface area contributed by atoms with E-state index in [1.807, 2.05) is 30.3 Å². The minimum absolute atomic E-state index is 0.00229. The highest BCUT2D eigenvalue weighted by molar-refractivity contribution is 5.92. The molecule has 5 nitrogen and oxygen atoms in total. The highest BCUT2D eigenvalue weighted by Crippen LogP contribution is 2.49. The zero-order valence-electron chi connectivity index (χ0n) is 12.6. The SMILES string of the molecule is N#CC1=C(N)Oc2c(O)cc3ccccc3c2C1c1cccnc1. The lowest BCUT2D eigenvalue weighted by Gasteiger charge is -2.28. The number of aromatic hydroxyl groups is 1. The molecule has 1 aliphatic rings. The average Bonchev–Trinajstić information content (AvgIpc) is 2.62. The monoisotopic (exact) mass is 315 g/mol. The second-order valence-corrected chi connectivity index (χ2v) is 5.57. The molecular formula is C19H13N3O2. The van der Waals surface area contributed by atoms with Crippen LogP contribution >= 0.6 is 0 Å². The Morgan fingerprint density at radius 3 is 2.79 bits per heavy atom. The molecule has 2 aromatic carbocycles. The third kappa shape index (κ3) is 1.97. The van der Waals surface area contributed by atoms with E-state index in [4.69, 9.17) is 10.5 Å². The van der Waals surface area contributed by atoms with Crippen LogP contribution in [0.25, 0.3) is 10.8 Å². The molecule has 1 unspecified atom stereocenters. The molecule has 0 spiro atoms. The van der Waals surface area contributed by atoms with Gasteiger partial charge in [-0.1, -0.05) is 30.3 Å². The van der Waals surface area contributed by atoms with Crippen molar-refractivity contribution in [1.29, 1.82) is 5.26 Å². The Balaban J connectivity index is 2.12. The topological polar surface area (TPSA) is 92.2 Å². The summed E-state index contributed by atoms with van der Waals surface area (Å²) in [6.45, 7) is 0. The van der Waals surface area contributed by atoms with E-state index in [1.54, 1.807) is 24.5 Å². The van der Waals surface area contributed by atoms with Gasteiger partial charge in [0.25, 0.3) is 0 Å². The molecule has 0 bridgehead atoms. The lowest BCUT2D eigenvalue weighted by Crippen LogP contribution is -2.21. The number of hydrogen-bond donors (Lipinski definition) is 2. The minimum Gasteiger partial charge on any atom is -0.504 e. The molecule has 1 aliphatic heterocycles. The zero-order valence-corrected chi connectivity index (χ0v) is 12.6. The summed E-state index contributed by atoms with van der Waals surface area (Å²) < 4.78 is 5.59. The number of hydrogen-bond acceptors (Lipinski definition) is 5. The van der Waals surface area contributed by atoms with Crippen LogP contribution in [0.1, 0.15) is 17.0 Å². The standard InChI is InChI=1S/C19H13N3O2/c20-9-14-16(12-5-3-7-22-10-12)17-13-6-2-1-4-11(13)8-15(23)18(17)24-19(14)21/h1-8,10,16,23H,21H2. The second-order valence-electron chi connectivity index (χ2n) is 5.57. The van der Waals surface area contributed by atoms with Crippen molar-refractivity contribution < 1.29 is 9.84 Å². The molecule has 2 heterocycles. The molecule has 24 heavy (non-hydrogen) atoms. The average molecular weight is 315 g/mol. The van der Waals surface area contributed by atoms with Gasteiger partial charge >= 0.3 is 0 Å². The van der Waals surface area contributed by atoms with Gasteiger partial charge in [-0.25, -0.2) is 0 Å². The Kier molecular flexibility index (Phi) is 3.10. The van der Waals surface area contributed by atoms with E-state index in [-0.39, 0.29) is 11.6 Å². The van der Waals surface area contributed by atoms with Crippen molar-refractivity contribution in [3.8, 4) is 17.6 Å². The van der Waals surface area contributed by atoms with Crippen molar-refractivity contribution in [3.63, 3.8) is 0 Å². The summed E-state index contributed by atoms with van der Waals surface area (Å²) in [6.07, 6.45) is 3.37. The maximum absolute atomic E-state index is 10.4. The number of nitrogens with zero attached hydrogens (tertiary/aromatic N) is 2. The number of pyridine rings is 1. The largest absolute Gasteiger partial charge is 0.504 e. The third-order valence-corrected chi connectivity index (χ3v) is 4.21. The number of benzene rings is 2. The maximum atomic E-state index is 10.4. The minimum atomic E-state index is -0.440. The lowest BCUT2D eigenvalue weighted by atomic mass is 9.81. The van der Waals surface area contributed by atoms with Crippen molar-refractivity contribution in [2.75, 3.05) is 0 Å². The summed E-state index contributed by atoms with van der Waals surface area (Å²) in [4.78, 5) is 4.15. The van der Waals surface area contributed by atoms with E-state index < -0.39 is 5.92 Å². The molecule has 3 N–H and O–H groups in total. The van der Waals surface area contributed by atoms with Crippen molar-refractivity contribution in [3.05, 3.63) is 77.4 Å². The zero-order chi connectivity index (χ0) is 16.7. The Morgan fingerprint density at radius 2 is 2.04 bits per heavy atom. The Hall–Kier alpha value is -3.52. The summed E-state index contributed by atoms with van der Waals surface area (Å²) in [6, 6.07) is 15.1. The van der Waals surface area contributed by atoms with Gasteiger partial charge in [0, 0.05) is 18.0 Å². The fraction of sp³-hybridized carbons (Fsp3) is 0.0526. The van der Waals surface area contributed by atoms with Crippen LogP contribution in [0, 0.1) is 11.3 Å². The van der Waals surface area contributed by atoms with Crippen molar-refractivity contribution in [2.45, 2.75) is 5.92 Å². The highest BCUT2D eigenvalue weighted by atomic mass is 16.5. The number of nitrogens with two attached hydrogens (primary N) is 1. The van der Waals surface area contributed by atoms with Gasteiger partial charge in [-0.2, -0.15) is 5.26 Å². The number of fused-ring (bicyclic) bond motifs is 3. The summed E-state index contributed by atoms with van der Waals surface area (Å²) in [7, 11) is 0. The van der Waals surface area contributed by atoms with E-state index in [9.17, 15) is 10.4 Å². The van der Waals surface area contributed by atoms with Crippen LogP contribution in [0.2, 0.25) is 0 Å². The fourth-order valence-electron chi connectivity index (χ4n) is 3.19. The van der Waals surface area contributed by atoms with E-state index in [0.717, 1.165) is 21.9 Å². The van der Waals surface area contributed by atoms with E-state index in [1.165, 1.54) is 0 Å². The first-order valence-electron chi connectivity index (χ1n) is 7.43. The molecule has 5 heteroatoms. The van der Waals surface area contributed by atoms with Crippen LogP contribution in [0.5, 0.6) is 11.5 Å². The molecule has 0 radical (unpaired) electrons. The number of aromatic nitrogens is 1. The van der Waals surface area contributed by atoms with Gasteiger partial charge in [0.2, 0.25) is 5.88 Å². The molecule has 3 aromatic rings. The molecule has 0 saturated carbocycles. The Labute approximate surface area is 138 Å². The predicted molar refractivity (Wildman–Crippen MR) is 89.1 cm³/mol. The molecular weight excluding hydrogens is 302 g/mol. The van der Waals surface area contributed by atoms with Gasteiger partial charge < -0.3 is 15.6 Å².